The lowest BCUT2D eigenvalue weighted by Crippen LogP contribution is -2.48. The summed E-state index contributed by atoms with van der Waals surface area (Å²) in [6, 6.07) is -0.503. The van der Waals surface area contributed by atoms with Crippen molar-refractivity contribution >= 4 is 11.9 Å². The monoisotopic (exact) mass is 188 g/mol. The van der Waals surface area contributed by atoms with Gasteiger partial charge >= 0.3 is 6.03 Å². The van der Waals surface area contributed by atoms with Crippen LogP contribution in [0.25, 0.3) is 0 Å². The second-order valence-corrected chi connectivity index (χ2v) is 3.29. The van der Waals surface area contributed by atoms with E-state index in [0.717, 1.165) is 0 Å². The average Bonchev–Trinajstić information content (AvgIpc) is 2.12. The van der Waals surface area contributed by atoms with Crippen LogP contribution < -0.4 is 21.9 Å². The molecule has 0 radical (unpaired) electrons. The molecule has 0 aliphatic rings. The number of amides is 3. The minimum absolute atomic E-state index is 0.134. The summed E-state index contributed by atoms with van der Waals surface area (Å²) in [5.41, 5.74) is 1.28. The van der Waals surface area contributed by atoms with Gasteiger partial charge < -0.3 is 10.6 Å². The van der Waals surface area contributed by atoms with Gasteiger partial charge in [-0.15, -0.1) is 0 Å². The lowest BCUT2D eigenvalue weighted by molar-refractivity contribution is -0.128. The Morgan fingerprint density at radius 3 is 2.31 bits per heavy atom. The van der Waals surface area contributed by atoms with E-state index in [1.807, 2.05) is 5.43 Å². The highest BCUT2D eigenvalue weighted by Crippen LogP contribution is 2.12. The molecule has 76 valence electrons. The van der Waals surface area contributed by atoms with E-state index < -0.39 is 11.4 Å². The first-order valence-electron chi connectivity index (χ1n) is 3.90. The Labute approximate surface area is 77.2 Å². The van der Waals surface area contributed by atoms with Crippen molar-refractivity contribution in [1.82, 2.24) is 16.1 Å². The highest BCUT2D eigenvalue weighted by molar-refractivity contribution is 5.82. The number of urea groups is 1. The Morgan fingerprint density at radius 1 is 1.38 bits per heavy atom. The maximum absolute atomic E-state index is 11.2. The topological polar surface area (TPSA) is 96.2 Å². The summed E-state index contributed by atoms with van der Waals surface area (Å²) in [4.78, 5) is 21.9. The van der Waals surface area contributed by atoms with E-state index in [1.54, 1.807) is 20.9 Å². The third kappa shape index (κ3) is 3.75. The number of hydrogen-bond acceptors (Lipinski definition) is 3. The van der Waals surface area contributed by atoms with Crippen molar-refractivity contribution in [2.45, 2.75) is 13.8 Å². The van der Waals surface area contributed by atoms with E-state index in [1.165, 1.54) is 0 Å². The predicted octanol–water partition coefficient (Wildman–Crippen LogP) is -1.07. The second-order valence-electron chi connectivity index (χ2n) is 3.29. The Kier molecular flexibility index (Phi) is 4.19. The van der Waals surface area contributed by atoms with Crippen molar-refractivity contribution < 1.29 is 9.59 Å². The first-order valence-corrected chi connectivity index (χ1v) is 3.90. The predicted molar refractivity (Wildman–Crippen MR) is 48.6 cm³/mol. The maximum atomic E-state index is 11.2. The number of hydrogen-bond donors (Lipinski definition) is 4. The summed E-state index contributed by atoms with van der Waals surface area (Å²) < 4.78 is 0. The molecule has 6 nitrogen and oxygen atoms in total. The minimum Gasteiger partial charge on any atom is -0.359 e. The number of rotatable bonds is 3. The Bertz CT molecular complexity index is 203. The molecule has 3 amide bonds. The van der Waals surface area contributed by atoms with Gasteiger partial charge in [-0.1, -0.05) is 0 Å². The highest BCUT2D eigenvalue weighted by Gasteiger charge is 2.26. The van der Waals surface area contributed by atoms with Crippen molar-refractivity contribution in [2.75, 3.05) is 13.6 Å². The molecule has 0 saturated carbocycles. The van der Waals surface area contributed by atoms with Crippen LogP contribution in [0.1, 0.15) is 13.8 Å². The summed E-state index contributed by atoms with van der Waals surface area (Å²) in [7, 11) is 1.55. The molecule has 5 N–H and O–H groups in total. The third-order valence-corrected chi connectivity index (χ3v) is 1.66. The molecular formula is C7H16N4O2. The molecule has 0 heterocycles. The summed E-state index contributed by atoms with van der Waals surface area (Å²) >= 11 is 0. The first kappa shape index (κ1) is 11.7. The number of nitrogens with two attached hydrogens (primary N) is 1. The van der Waals surface area contributed by atoms with Crippen LogP contribution in [-0.2, 0) is 4.79 Å². The van der Waals surface area contributed by atoms with Gasteiger partial charge in [0.25, 0.3) is 0 Å². The Balaban J connectivity index is 4.03. The normalized spacial score (nSPS) is 10.5. The van der Waals surface area contributed by atoms with Crippen molar-refractivity contribution in [3.63, 3.8) is 0 Å². The average molecular weight is 188 g/mol. The standard InChI is InChI=1S/C7H16N4O2/c1-7(2,5(12)9-3)4-10-6(13)11-8/h4,8H2,1-3H3,(H,9,12)(H2,10,11,13). The van der Waals surface area contributed by atoms with Gasteiger partial charge in [-0.3, -0.25) is 10.2 Å². The molecule has 0 rings (SSSR count). The van der Waals surface area contributed by atoms with Crippen molar-refractivity contribution in [1.29, 1.82) is 0 Å². The fourth-order valence-corrected chi connectivity index (χ4v) is 0.771. The zero-order valence-corrected chi connectivity index (χ0v) is 8.10. The molecule has 0 saturated heterocycles. The first-order chi connectivity index (χ1) is 5.94. The summed E-state index contributed by atoms with van der Waals surface area (Å²) in [5, 5.41) is 4.96. The zero-order valence-electron chi connectivity index (χ0n) is 8.10. The number of carbonyl (C=O) groups is 2. The summed E-state index contributed by atoms with van der Waals surface area (Å²) in [6.07, 6.45) is 0. The van der Waals surface area contributed by atoms with Crippen LogP contribution in [0, 0.1) is 5.41 Å². The van der Waals surface area contributed by atoms with Crippen LogP contribution in [0.4, 0.5) is 4.79 Å². The summed E-state index contributed by atoms with van der Waals surface area (Å²) in [6.45, 7) is 3.68. The van der Waals surface area contributed by atoms with Crippen molar-refractivity contribution in [3.8, 4) is 0 Å². The van der Waals surface area contributed by atoms with Crippen LogP contribution >= 0.6 is 0 Å². The van der Waals surface area contributed by atoms with Gasteiger partial charge in [-0.2, -0.15) is 0 Å². The van der Waals surface area contributed by atoms with Crippen LogP contribution in [0.15, 0.2) is 0 Å². The van der Waals surface area contributed by atoms with Gasteiger partial charge in [0.05, 0.1) is 5.41 Å². The lowest BCUT2D eigenvalue weighted by Gasteiger charge is -2.22. The molecule has 0 aromatic carbocycles. The fourth-order valence-electron chi connectivity index (χ4n) is 0.771. The van der Waals surface area contributed by atoms with E-state index in [9.17, 15) is 9.59 Å². The van der Waals surface area contributed by atoms with Crippen LogP contribution in [0.5, 0.6) is 0 Å². The molecule has 0 unspecified atom stereocenters. The van der Waals surface area contributed by atoms with Crippen molar-refractivity contribution in [2.24, 2.45) is 11.3 Å². The number of hydrazine groups is 1. The summed E-state index contributed by atoms with van der Waals surface area (Å²) in [5.74, 6) is 4.71. The fraction of sp³-hybridized carbons (Fsp3) is 0.714. The Hall–Kier alpha value is -1.30. The maximum Gasteiger partial charge on any atom is 0.328 e. The molecule has 0 bridgehead atoms. The highest BCUT2D eigenvalue weighted by atomic mass is 16.2. The van der Waals surface area contributed by atoms with Crippen LogP contribution in [-0.4, -0.2) is 25.5 Å². The van der Waals surface area contributed by atoms with Crippen LogP contribution in [0.2, 0.25) is 0 Å². The Morgan fingerprint density at radius 2 is 1.92 bits per heavy atom. The van der Waals surface area contributed by atoms with Crippen LogP contribution in [0.3, 0.4) is 0 Å². The molecule has 0 aromatic heterocycles. The van der Waals surface area contributed by atoms with Gasteiger partial charge in [0, 0.05) is 13.6 Å². The molecule has 0 fully saturated rings. The molecule has 13 heavy (non-hydrogen) atoms. The van der Waals surface area contributed by atoms with Gasteiger partial charge in [-0.05, 0) is 13.8 Å². The van der Waals surface area contributed by atoms with E-state index in [4.69, 9.17) is 5.84 Å². The van der Waals surface area contributed by atoms with Gasteiger partial charge in [0.2, 0.25) is 5.91 Å². The van der Waals surface area contributed by atoms with E-state index >= 15 is 0 Å². The number of nitrogens with one attached hydrogen (secondary N) is 3. The van der Waals surface area contributed by atoms with E-state index in [0.29, 0.717) is 0 Å². The van der Waals surface area contributed by atoms with Gasteiger partial charge in [-0.25, -0.2) is 10.6 Å². The molecule has 0 atom stereocenters. The van der Waals surface area contributed by atoms with Gasteiger partial charge in [0.15, 0.2) is 0 Å². The van der Waals surface area contributed by atoms with E-state index in [-0.39, 0.29) is 12.5 Å². The van der Waals surface area contributed by atoms with Crippen molar-refractivity contribution in [3.05, 3.63) is 0 Å². The molecule has 0 aliphatic carbocycles. The molecule has 0 aromatic rings. The van der Waals surface area contributed by atoms with Gasteiger partial charge in [0.1, 0.15) is 0 Å². The SMILES string of the molecule is CNC(=O)C(C)(C)CNC(=O)NN. The molecule has 0 aliphatic heterocycles. The largest absolute Gasteiger partial charge is 0.359 e. The minimum atomic E-state index is -0.638. The third-order valence-electron chi connectivity index (χ3n) is 1.66. The molecular weight excluding hydrogens is 172 g/mol. The lowest BCUT2D eigenvalue weighted by atomic mass is 9.92. The second kappa shape index (κ2) is 4.66. The molecule has 6 heteroatoms. The quantitative estimate of drug-likeness (QED) is 0.258. The number of carbonyl (C=O) groups excluding carboxylic acids is 2. The van der Waals surface area contributed by atoms with E-state index in [2.05, 4.69) is 10.6 Å². The zero-order chi connectivity index (χ0) is 10.5. The smallest absolute Gasteiger partial charge is 0.328 e. The molecule has 0 spiro atoms.